The number of carbonyl (C=O) groups is 1. The minimum Gasteiger partial charge on any atom is -0.427 e. The molecule has 6 nitrogen and oxygen atoms in total. The summed E-state index contributed by atoms with van der Waals surface area (Å²) in [6.45, 7) is 3.16. The molecule has 150 valence electrons. The average Bonchev–Trinajstić information content (AvgIpc) is 3.39. The molecule has 0 saturated carbocycles. The highest BCUT2D eigenvalue weighted by atomic mass is 16.4. The molecule has 4 rings (SSSR count). The van der Waals surface area contributed by atoms with Gasteiger partial charge >= 0.3 is 5.63 Å². The molecular formula is C23H25N3O3. The van der Waals surface area contributed by atoms with E-state index in [9.17, 15) is 9.59 Å². The molecule has 1 aromatic carbocycles. The molecule has 29 heavy (non-hydrogen) atoms. The Bertz CT molecular complexity index is 1030. The quantitative estimate of drug-likeness (QED) is 0.647. The lowest BCUT2D eigenvalue weighted by atomic mass is 10.1. The van der Waals surface area contributed by atoms with Gasteiger partial charge < -0.3 is 13.9 Å². The normalized spacial score (nSPS) is 16.3. The van der Waals surface area contributed by atoms with Crippen molar-refractivity contribution >= 4 is 5.91 Å². The molecule has 6 heteroatoms. The molecule has 1 atom stereocenters. The highest BCUT2D eigenvalue weighted by Crippen LogP contribution is 2.22. The molecule has 0 bridgehead atoms. The van der Waals surface area contributed by atoms with Crippen LogP contribution in [0.5, 0.6) is 0 Å². The first-order valence-electron chi connectivity index (χ1n) is 10.1. The van der Waals surface area contributed by atoms with Crippen LogP contribution < -0.4 is 5.63 Å². The first-order valence-corrected chi connectivity index (χ1v) is 10.1. The SMILES string of the molecule is Cc1cc(CCc2ccccc2)oc(=O)c1C(=O)N1CCCC1Cn1ccnc1. The second-order valence-electron chi connectivity index (χ2n) is 7.60. The van der Waals surface area contributed by atoms with Gasteiger partial charge in [0.1, 0.15) is 11.3 Å². The molecule has 1 fully saturated rings. The van der Waals surface area contributed by atoms with Gasteiger partial charge in [0.05, 0.1) is 12.4 Å². The summed E-state index contributed by atoms with van der Waals surface area (Å²) in [6, 6.07) is 12.0. The summed E-state index contributed by atoms with van der Waals surface area (Å²) in [7, 11) is 0. The summed E-state index contributed by atoms with van der Waals surface area (Å²) >= 11 is 0. The van der Waals surface area contributed by atoms with E-state index in [0.717, 1.165) is 19.3 Å². The first-order chi connectivity index (χ1) is 14.1. The third kappa shape index (κ3) is 4.31. The maximum Gasteiger partial charge on any atom is 0.349 e. The van der Waals surface area contributed by atoms with Crippen molar-refractivity contribution in [2.45, 2.75) is 45.2 Å². The van der Waals surface area contributed by atoms with E-state index < -0.39 is 5.63 Å². The van der Waals surface area contributed by atoms with Crippen molar-refractivity contribution in [1.82, 2.24) is 14.5 Å². The summed E-state index contributed by atoms with van der Waals surface area (Å²) in [5.74, 6) is 0.387. The fraction of sp³-hybridized carbons (Fsp3) is 0.348. The molecule has 1 aliphatic rings. The van der Waals surface area contributed by atoms with Crippen LogP contribution in [0.15, 0.2) is 64.3 Å². The van der Waals surface area contributed by atoms with Gasteiger partial charge in [0.2, 0.25) is 0 Å². The molecule has 0 spiro atoms. The van der Waals surface area contributed by atoms with Crippen LogP contribution in [0.3, 0.4) is 0 Å². The van der Waals surface area contributed by atoms with Crippen LogP contribution in [0.1, 0.15) is 40.1 Å². The zero-order valence-corrected chi connectivity index (χ0v) is 16.6. The van der Waals surface area contributed by atoms with Crippen molar-refractivity contribution in [1.29, 1.82) is 0 Å². The number of likely N-dealkylation sites (tertiary alicyclic amines) is 1. The van der Waals surface area contributed by atoms with Gasteiger partial charge in [-0.15, -0.1) is 0 Å². The van der Waals surface area contributed by atoms with Crippen molar-refractivity contribution in [3.63, 3.8) is 0 Å². The Morgan fingerprint density at radius 2 is 2.07 bits per heavy atom. The molecule has 1 saturated heterocycles. The van der Waals surface area contributed by atoms with Gasteiger partial charge in [-0.2, -0.15) is 0 Å². The topological polar surface area (TPSA) is 68.3 Å². The van der Waals surface area contributed by atoms with Crippen LogP contribution in [0.2, 0.25) is 0 Å². The second-order valence-corrected chi connectivity index (χ2v) is 7.60. The molecular weight excluding hydrogens is 366 g/mol. The first kappa shape index (κ1) is 19.2. The summed E-state index contributed by atoms with van der Waals surface area (Å²) in [5.41, 5.74) is 1.49. The molecule has 1 aliphatic heterocycles. The second kappa shape index (κ2) is 8.47. The van der Waals surface area contributed by atoms with E-state index in [1.54, 1.807) is 12.5 Å². The van der Waals surface area contributed by atoms with Gasteiger partial charge in [0.15, 0.2) is 0 Å². The summed E-state index contributed by atoms with van der Waals surface area (Å²) in [5, 5.41) is 0. The maximum absolute atomic E-state index is 13.2. The van der Waals surface area contributed by atoms with E-state index in [-0.39, 0.29) is 17.5 Å². The van der Waals surface area contributed by atoms with Gasteiger partial charge in [-0.3, -0.25) is 4.79 Å². The Kier molecular flexibility index (Phi) is 5.60. The van der Waals surface area contributed by atoms with Crippen molar-refractivity contribution in [2.24, 2.45) is 0 Å². The Hall–Kier alpha value is -3.15. The van der Waals surface area contributed by atoms with Crippen molar-refractivity contribution in [3.05, 3.63) is 88.0 Å². The number of rotatable bonds is 6. The van der Waals surface area contributed by atoms with Gasteiger partial charge in [0, 0.05) is 31.9 Å². The maximum atomic E-state index is 13.2. The lowest BCUT2D eigenvalue weighted by Gasteiger charge is -2.25. The minimum atomic E-state index is -0.536. The number of nitrogens with zero attached hydrogens (tertiary/aromatic N) is 3. The van der Waals surface area contributed by atoms with Crippen LogP contribution in [0.25, 0.3) is 0 Å². The Labute approximate surface area is 169 Å². The van der Waals surface area contributed by atoms with E-state index in [2.05, 4.69) is 17.1 Å². The number of aryl methyl sites for hydroxylation is 3. The highest BCUT2D eigenvalue weighted by Gasteiger charge is 2.32. The standard InChI is InChI=1S/C23H25N3O3/c1-17-14-20(10-9-18-6-3-2-4-7-18)29-23(28)21(17)22(27)26-12-5-8-19(26)15-25-13-11-24-16-25/h2-4,6-7,11,13-14,16,19H,5,8-10,12,15H2,1H3. The Morgan fingerprint density at radius 1 is 1.24 bits per heavy atom. The number of hydrogen-bond acceptors (Lipinski definition) is 4. The molecule has 1 amide bonds. The summed E-state index contributed by atoms with van der Waals surface area (Å²) < 4.78 is 7.49. The average molecular weight is 391 g/mol. The molecule has 3 heterocycles. The van der Waals surface area contributed by atoms with E-state index in [1.807, 2.05) is 46.9 Å². The fourth-order valence-corrected chi connectivity index (χ4v) is 4.04. The molecule has 3 aromatic rings. The largest absolute Gasteiger partial charge is 0.427 e. The predicted molar refractivity (Wildman–Crippen MR) is 110 cm³/mol. The fourth-order valence-electron chi connectivity index (χ4n) is 4.04. The van der Waals surface area contributed by atoms with Crippen molar-refractivity contribution in [3.8, 4) is 0 Å². The molecule has 0 aliphatic carbocycles. The smallest absolute Gasteiger partial charge is 0.349 e. The Balaban J connectivity index is 1.50. The molecule has 0 radical (unpaired) electrons. The lowest BCUT2D eigenvalue weighted by molar-refractivity contribution is 0.0718. The van der Waals surface area contributed by atoms with Crippen LogP contribution in [-0.2, 0) is 19.4 Å². The van der Waals surface area contributed by atoms with Crippen LogP contribution in [0, 0.1) is 6.92 Å². The third-order valence-electron chi connectivity index (χ3n) is 5.54. The van der Waals surface area contributed by atoms with Crippen LogP contribution >= 0.6 is 0 Å². The lowest BCUT2D eigenvalue weighted by Crippen LogP contribution is -2.40. The number of carbonyl (C=O) groups excluding carboxylic acids is 1. The van der Waals surface area contributed by atoms with Gasteiger partial charge in [0.25, 0.3) is 5.91 Å². The van der Waals surface area contributed by atoms with E-state index in [4.69, 9.17) is 4.42 Å². The van der Waals surface area contributed by atoms with Gasteiger partial charge in [-0.1, -0.05) is 30.3 Å². The zero-order valence-electron chi connectivity index (χ0n) is 16.6. The molecule has 1 unspecified atom stereocenters. The number of amides is 1. The monoisotopic (exact) mass is 391 g/mol. The highest BCUT2D eigenvalue weighted by molar-refractivity contribution is 5.95. The van der Waals surface area contributed by atoms with Crippen LogP contribution in [0.4, 0.5) is 0 Å². The number of benzene rings is 1. The van der Waals surface area contributed by atoms with E-state index >= 15 is 0 Å². The third-order valence-corrected chi connectivity index (χ3v) is 5.54. The molecule has 2 aromatic heterocycles. The van der Waals surface area contributed by atoms with Crippen molar-refractivity contribution < 1.29 is 9.21 Å². The van der Waals surface area contributed by atoms with E-state index in [0.29, 0.717) is 30.8 Å². The Morgan fingerprint density at radius 3 is 2.79 bits per heavy atom. The predicted octanol–water partition coefficient (Wildman–Crippen LogP) is 3.23. The van der Waals surface area contributed by atoms with Crippen molar-refractivity contribution in [2.75, 3.05) is 6.54 Å². The summed E-state index contributed by atoms with van der Waals surface area (Å²) in [6.07, 6.45) is 8.64. The zero-order chi connectivity index (χ0) is 20.2. The number of aromatic nitrogens is 2. The minimum absolute atomic E-state index is 0.0632. The summed E-state index contributed by atoms with van der Waals surface area (Å²) in [4.78, 5) is 31.7. The number of hydrogen-bond donors (Lipinski definition) is 0. The van der Waals surface area contributed by atoms with Gasteiger partial charge in [-0.25, -0.2) is 9.78 Å². The number of imidazole rings is 1. The molecule has 0 N–H and O–H groups in total. The van der Waals surface area contributed by atoms with Gasteiger partial charge in [-0.05, 0) is 43.4 Å². The van der Waals surface area contributed by atoms with Crippen LogP contribution in [-0.4, -0.2) is 32.9 Å². The van der Waals surface area contributed by atoms with E-state index in [1.165, 1.54) is 5.56 Å².